The summed E-state index contributed by atoms with van der Waals surface area (Å²) in [7, 11) is -3.52. The van der Waals surface area contributed by atoms with Gasteiger partial charge in [0.1, 0.15) is 17.7 Å². The molecule has 4 rings (SSSR count). The molecule has 0 saturated carbocycles. The smallest absolute Gasteiger partial charge is 0.243 e. The normalized spacial score (nSPS) is 15.6. The second-order valence-corrected chi connectivity index (χ2v) is 10.9. The van der Waals surface area contributed by atoms with E-state index in [2.05, 4.69) is 20.8 Å². The Balaban J connectivity index is 1.34. The molecule has 180 valence electrons. The van der Waals surface area contributed by atoms with Crippen LogP contribution in [0.1, 0.15) is 17.2 Å². The highest BCUT2D eigenvalue weighted by atomic mass is 79.9. The monoisotopic (exact) mass is 550 g/mol. The van der Waals surface area contributed by atoms with Crippen molar-refractivity contribution in [3.05, 3.63) is 100 Å². The van der Waals surface area contributed by atoms with E-state index in [1.54, 1.807) is 48.5 Å². The van der Waals surface area contributed by atoms with Gasteiger partial charge in [0.2, 0.25) is 10.0 Å². The first-order valence-corrected chi connectivity index (χ1v) is 13.2. The number of benzene rings is 3. The van der Waals surface area contributed by atoms with Crippen LogP contribution in [0.25, 0.3) is 0 Å². The maximum Gasteiger partial charge on any atom is 0.243 e. The highest BCUT2D eigenvalue weighted by Crippen LogP contribution is 2.27. The summed E-state index contributed by atoms with van der Waals surface area (Å²) in [6.07, 6.45) is -0.458. The number of piperazine rings is 1. The molecule has 0 N–H and O–H groups in total. The van der Waals surface area contributed by atoms with Gasteiger partial charge in [-0.3, -0.25) is 4.90 Å². The third-order valence-electron chi connectivity index (χ3n) is 5.82. The molecule has 5 nitrogen and oxygen atoms in total. The average molecular weight is 551 g/mol. The first-order valence-electron chi connectivity index (χ1n) is 10.9. The second kappa shape index (κ2) is 11.0. The Morgan fingerprint density at radius 3 is 1.79 bits per heavy atom. The second-order valence-electron chi connectivity index (χ2n) is 8.05. The van der Waals surface area contributed by atoms with Gasteiger partial charge in [-0.2, -0.15) is 4.31 Å². The minimum atomic E-state index is -3.52. The summed E-state index contributed by atoms with van der Waals surface area (Å²) >= 11 is 3.33. The van der Waals surface area contributed by atoms with Crippen LogP contribution in [0.3, 0.4) is 0 Å². The number of halogens is 3. The summed E-state index contributed by atoms with van der Waals surface area (Å²) in [5, 5.41) is 0. The molecule has 1 aliphatic rings. The number of hydrogen-bond acceptors (Lipinski definition) is 4. The minimum Gasteiger partial charge on any atom is -0.367 e. The van der Waals surface area contributed by atoms with Crippen LogP contribution in [0.4, 0.5) is 8.78 Å². The van der Waals surface area contributed by atoms with Gasteiger partial charge < -0.3 is 4.74 Å². The Bertz CT molecular complexity index is 1140. The topological polar surface area (TPSA) is 49.9 Å². The molecule has 1 saturated heterocycles. The Hall–Kier alpha value is -2.17. The molecule has 0 spiro atoms. The van der Waals surface area contributed by atoms with Gasteiger partial charge in [0.25, 0.3) is 0 Å². The molecule has 9 heteroatoms. The molecule has 0 aromatic heterocycles. The van der Waals surface area contributed by atoms with Crippen molar-refractivity contribution in [2.45, 2.75) is 11.0 Å². The van der Waals surface area contributed by atoms with Crippen LogP contribution >= 0.6 is 15.9 Å². The van der Waals surface area contributed by atoms with Crippen molar-refractivity contribution in [3.8, 4) is 0 Å². The third kappa shape index (κ3) is 6.09. The Morgan fingerprint density at radius 2 is 1.29 bits per heavy atom. The van der Waals surface area contributed by atoms with Crippen LogP contribution in [0.15, 0.2) is 82.2 Å². The van der Waals surface area contributed by atoms with Gasteiger partial charge in [0.05, 0.1) is 11.5 Å². The molecular weight excluding hydrogens is 526 g/mol. The Labute approximate surface area is 207 Å². The van der Waals surface area contributed by atoms with Crippen molar-refractivity contribution in [2.75, 3.05) is 39.3 Å². The fourth-order valence-corrected chi connectivity index (χ4v) is 5.60. The van der Waals surface area contributed by atoms with Crippen molar-refractivity contribution in [3.63, 3.8) is 0 Å². The van der Waals surface area contributed by atoms with E-state index >= 15 is 0 Å². The largest absolute Gasteiger partial charge is 0.367 e. The quantitative estimate of drug-likeness (QED) is 0.402. The van der Waals surface area contributed by atoms with Gasteiger partial charge in [-0.15, -0.1) is 0 Å². The highest BCUT2D eigenvalue weighted by molar-refractivity contribution is 9.10. The van der Waals surface area contributed by atoms with Crippen molar-refractivity contribution >= 4 is 26.0 Å². The summed E-state index contributed by atoms with van der Waals surface area (Å²) < 4.78 is 61.0. The summed E-state index contributed by atoms with van der Waals surface area (Å²) in [5.74, 6) is -0.671. The zero-order valence-electron chi connectivity index (χ0n) is 18.4. The van der Waals surface area contributed by atoms with E-state index in [1.165, 1.54) is 28.6 Å². The van der Waals surface area contributed by atoms with Crippen LogP contribution in [-0.4, -0.2) is 57.0 Å². The summed E-state index contributed by atoms with van der Waals surface area (Å²) in [5.41, 5.74) is 1.55. The predicted octanol–water partition coefficient (Wildman–Crippen LogP) is 4.84. The number of nitrogens with zero attached hydrogens (tertiary/aromatic N) is 2. The molecule has 0 unspecified atom stereocenters. The molecule has 1 heterocycles. The minimum absolute atomic E-state index is 0.286. The lowest BCUT2D eigenvalue weighted by Crippen LogP contribution is -2.49. The Kier molecular flexibility index (Phi) is 8.10. The molecule has 1 aliphatic heterocycles. The molecular formula is C25H25BrF2N2O3S. The van der Waals surface area contributed by atoms with Gasteiger partial charge in [-0.1, -0.05) is 40.2 Å². The van der Waals surface area contributed by atoms with Crippen LogP contribution in [-0.2, 0) is 14.8 Å². The van der Waals surface area contributed by atoms with E-state index in [4.69, 9.17) is 4.74 Å². The van der Waals surface area contributed by atoms with Crippen molar-refractivity contribution in [1.29, 1.82) is 0 Å². The zero-order chi connectivity index (χ0) is 24.1. The molecule has 0 radical (unpaired) electrons. The molecule has 3 aromatic carbocycles. The summed E-state index contributed by atoms with van der Waals surface area (Å²) in [6.45, 7) is 2.99. The fraction of sp³-hybridized carbons (Fsp3) is 0.280. The van der Waals surface area contributed by atoms with E-state index in [1.807, 2.05) is 0 Å². The molecule has 0 amide bonds. The summed E-state index contributed by atoms with van der Waals surface area (Å²) in [6, 6.07) is 18.8. The molecule has 1 fully saturated rings. The lowest BCUT2D eigenvalue weighted by molar-refractivity contribution is 0.0526. The van der Waals surface area contributed by atoms with Crippen molar-refractivity contribution < 1.29 is 21.9 Å². The van der Waals surface area contributed by atoms with Crippen LogP contribution in [0.5, 0.6) is 0 Å². The van der Waals surface area contributed by atoms with E-state index in [0.717, 1.165) is 15.6 Å². The lowest BCUT2D eigenvalue weighted by atomic mass is 10.0. The van der Waals surface area contributed by atoms with Crippen LogP contribution in [0.2, 0.25) is 0 Å². The number of hydrogen-bond donors (Lipinski definition) is 0. The third-order valence-corrected chi connectivity index (χ3v) is 8.26. The van der Waals surface area contributed by atoms with E-state index < -0.39 is 16.1 Å². The number of ether oxygens (including phenoxy) is 1. The van der Waals surface area contributed by atoms with Crippen LogP contribution in [0, 0.1) is 11.6 Å². The SMILES string of the molecule is O=S(=O)(c1ccc(Br)cc1)N1CCN(CCOC(c2ccc(F)cc2)c2ccc(F)cc2)CC1. The molecule has 0 aliphatic carbocycles. The number of sulfonamides is 1. The van der Waals surface area contributed by atoms with Gasteiger partial charge in [0.15, 0.2) is 0 Å². The Morgan fingerprint density at radius 1 is 0.794 bits per heavy atom. The van der Waals surface area contributed by atoms with E-state index in [0.29, 0.717) is 39.3 Å². The van der Waals surface area contributed by atoms with Crippen molar-refractivity contribution in [1.82, 2.24) is 9.21 Å². The van der Waals surface area contributed by atoms with E-state index in [-0.39, 0.29) is 16.5 Å². The predicted molar refractivity (Wildman–Crippen MR) is 130 cm³/mol. The molecule has 0 bridgehead atoms. The fourth-order valence-electron chi connectivity index (χ4n) is 3.91. The molecule has 0 atom stereocenters. The number of rotatable bonds is 8. The summed E-state index contributed by atoms with van der Waals surface area (Å²) in [4.78, 5) is 2.44. The van der Waals surface area contributed by atoms with Gasteiger partial charge in [0, 0.05) is 37.2 Å². The first-order chi connectivity index (χ1) is 16.3. The van der Waals surface area contributed by atoms with Gasteiger partial charge >= 0.3 is 0 Å². The van der Waals surface area contributed by atoms with Gasteiger partial charge in [-0.05, 0) is 59.7 Å². The van der Waals surface area contributed by atoms with Gasteiger partial charge in [-0.25, -0.2) is 17.2 Å². The maximum absolute atomic E-state index is 13.4. The molecule has 34 heavy (non-hydrogen) atoms. The highest BCUT2D eigenvalue weighted by Gasteiger charge is 2.28. The maximum atomic E-state index is 13.4. The standard InChI is InChI=1S/C25H25BrF2N2O3S/c26-21-5-11-24(12-6-21)34(31,32)30-15-13-29(14-16-30)17-18-33-25(19-1-7-22(27)8-2-19)20-3-9-23(28)10-4-20/h1-12,25H,13-18H2. The van der Waals surface area contributed by atoms with Crippen molar-refractivity contribution in [2.24, 2.45) is 0 Å². The zero-order valence-corrected chi connectivity index (χ0v) is 20.8. The first kappa shape index (κ1) is 24.9. The lowest BCUT2D eigenvalue weighted by Gasteiger charge is -2.34. The van der Waals surface area contributed by atoms with E-state index in [9.17, 15) is 17.2 Å². The average Bonchev–Trinajstić information content (AvgIpc) is 2.84. The molecule has 3 aromatic rings. The van der Waals surface area contributed by atoms with Crippen LogP contribution < -0.4 is 0 Å².